The Morgan fingerprint density at radius 3 is 2.78 bits per heavy atom. The second-order valence-electron chi connectivity index (χ2n) is 5.90. The van der Waals surface area contributed by atoms with E-state index in [1.807, 2.05) is 6.92 Å². The van der Waals surface area contributed by atoms with Gasteiger partial charge in [0.05, 0.1) is 0 Å². The number of benzene rings is 1. The summed E-state index contributed by atoms with van der Waals surface area (Å²) in [6, 6.07) is 4.99. The summed E-state index contributed by atoms with van der Waals surface area (Å²) >= 11 is 0. The molecule has 2 N–H and O–H groups in total. The van der Waals surface area contributed by atoms with Gasteiger partial charge in [0, 0.05) is 19.1 Å². The lowest BCUT2D eigenvalue weighted by Gasteiger charge is -2.34. The fraction of sp³-hybridized carbons (Fsp3) is 0.600. The normalized spacial score (nSPS) is 23.0. The number of fused-ring (bicyclic) bond motifs is 1. The van der Waals surface area contributed by atoms with Crippen molar-refractivity contribution in [3.05, 3.63) is 18.2 Å². The number of nitrogens with zero attached hydrogens (tertiary/aromatic N) is 1. The van der Waals surface area contributed by atoms with Crippen molar-refractivity contribution < 1.29 is 17.9 Å². The van der Waals surface area contributed by atoms with E-state index in [1.165, 1.54) is 4.31 Å². The maximum atomic E-state index is 13.0. The zero-order valence-corrected chi connectivity index (χ0v) is 14.7. The molecule has 2 aliphatic heterocycles. The first kappa shape index (κ1) is 18.3. The van der Waals surface area contributed by atoms with Crippen LogP contribution in [0.1, 0.15) is 19.8 Å². The van der Waals surface area contributed by atoms with Gasteiger partial charge in [0.25, 0.3) is 0 Å². The van der Waals surface area contributed by atoms with E-state index < -0.39 is 10.0 Å². The van der Waals surface area contributed by atoms with Crippen LogP contribution in [0.3, 0.4) is 0 Å². The van der Waals surface area contributed by atoms with Crippen molar-refractivity contribution in [3.8, 4) is 11.5 Å². The van der Waals surface area contributed by atoms with E-state index in [-0.39, 0.29) is 29.3 Å². The molecule has 0 bridgehead atoms. The number of para-hydroxylation sites is 1. The van der Waals surface area contributed by atoms with Crippen LogP contribution < -0.4 is 15.2 Å². The first-order valence-corrected chi connectivity index (χ1v) is 9.08. The Hall–Kier alpha value is -1.02. The summed E-state index contributed by atoms with van der Waals surface area (Å²) in [6.07, 6.45) is 1.80. The zero-order valence-electron chi connectivity index (χ0n) is 13.1. The van der Waals surface area contributed by atoms with E-state index in [9.17, 15) is 8.42 Å². The second-order valence-corrected chi connectivity index (χ2v) is 7.81. The highest BCUT2D eigenvalue weighted by Gasteiger charge is 2.34. The minimum absolute atomic E-state index is 0. The minimum atomic E-state index is -3.60. The third kappa shape index (κ3) is 3.57. The molecule has 2 unspecified atom stereocenters. The summed E-state index contributed by atoms with van der Waals surface area (Å²) in [4.78, 5) is 0.190. The quantitative estimate of drug-likeness (QED) is 0.883. The number of sulfonamides is 1. The number of ether oxygens (including phenoxy) is 2. The van der Waals surface area contributed by atoms with Gasteiger partial charge in [0.15, 0.2) is 11.5 Å². The minimum Gasteiger partial charge on any atom is -0.486 e. The molecule has 1 fully saturated rings. The summed E-state index contributed by atoms with van der Waals surface area (Å²) < 4.78 is 38.5. The Balaban J connectivity index is 0.00000192. The Kier molecular flexibility index (Phi) is 5.78. The van der Waals surface area contributed by atoms with Crippen molar-refractivity contribution in [1.29, 1.82) is 0 Å². The van der Waals surface area contributed by atoms with Crippen molar-refractivity contribution >= 4 is 22.4 Å². The lowest BCUT2D eigenvalue weighted by atomic mass is 9.93. The van der Waals surface area contributed by atoms with Gasteiger partial charge in [0.1, 0.15) is 18.1 Å². The predicted molar refractivity (Wildman–Crippen MR) is 89.8 cm³/mol. The van der Waals surface area contributed by atoms with Gasteiger partial charge in [-0.15, -0.1) is 12.4 Å². The number of hydrogen-bond acceptors (Lipinski definition) is 5. The van der Waals surface area contributed by atoms with Crippen LogP contribution in [0.4, 0.5) is 0 Å². The lowest BCUT2D eigenvalue weighted by Crippen LogP contribution is -2.45. The van der Waals surface area contributed by atoms with Gasteiger partial charge in [-0.25, -0.2) is 8.42 Å². The van der Waals surface area contributed by atoms with Crippen LogP contribution >= 0.6 is 12.4 Å². The molecule has 1 saturated heterocycles. The summed E-state index contributed by atoms with van der Waals surface area (Å²) in [6.45, 7) is 3.72. The highest BCUT2D eigenvalue weighted by molar-refractivity contribution is 7.89. The van der Waals surface area contributed by atoms with Crippen LogP contribution in [0, 0.1) is 5.92 Å². The van der Waals surface area contributed by atoms with Crippen molar-refractivity contribution in [2.75, 3.05) is 26.3 Å². The molecule has 1 aromatic rings. The van der Waals surface area contributed by atoms with Crippen LogP contribution in [-0.4, -0.2) is 45.1 Å². The molecule has 0 saturated carbocycles. The van der Waals surface area contributed by atoms with Crippen LogP contribution in [0.25, 0.3) is 0 Å². The Morgan fingerprint density at radius 1 is 1.30 bits per heavy atom. The molecule has 0 aromatic heterocycles. The Morgan fingerprint density at radius 2 is 2.04 bits per heavy atom. The fourth-order valence-electron chi connectivity index (χ4n) is 3.01. The molecular weight excluding hydrogens is 340 g/mol. The summed E-state index contributed by atoms with van der Waals surface area (Å²) in [7, 11) is -3.60. The molecule has 0 amide bonds. The molecule has 23 heavy (non-hydrogen) atoms. The molecule has 1 aromatic carbocycles. The van der Waals surface area contributed by atoms with Gasteiger partial charge in [0.2, 0.25) is 10.0 Å². The molecule has 0 spiro atoms. The van der Waals surface area contributed by atoms with Gasteiger partial charge >= 0.3 is 0 Å². The third-order valence-electron chi connectivity index (χ3n) is 4.31. The number of rotatable bonds is 3. The first-order valence-electron chi connectivity index (χ1n) is 7.64. The van der Waals surface area contributed by atoms with Gasteiger partial charge in [-0.05, 0) is 37.8 Å². The van der Waals surface area contributed by atoms with Gasteiger partial charge in [-0.3, -0.25) is 0 Å². The monoisotopic (exact) mass is 362 g/mol. The average Bonchev–Trinajstić information content (AvgIpc) is 2.54. The van der Waals surface area contributed by atoms with E-state index in [4.69, 9.17) is 15.2 Å². The summed E-state index contributed by atoms with van der Waals surface area (Å²) in [5, 5.41) is 0. The molecule has 6 nitrogen and oxygen atoms in total. The fourth-order valence-corrected chi connectivity index (χ4v) is 4.69. The molecule has 3 rings (SSSR count). The molecule has 130 valence electrons. The van der Waals surface area contributed by atoms with E-state index in [0.717, 1.165) is 12.8 Å². The van der Waals surface area contributed by atoms with Crippen LogP contribution in [0.2, 0.25) is 0 Å². The lowest BCUT2D eigenvalue weighted by molar-refractivity contribution is 0.166. The second kappa shape index (κ2) is 7.25. The van der Waals surface area contributed by atoms with Crippen molar-refractivity contribution in [1.82, 2.24) is 4.31 Å². The molecule has 2 aliphatic rings. The highest BCUT2D eigenvalue weighted by atomic mass is 35.5. The van der Waals surface area contributed by atoms with Crippen LogP contribution in [0.15, 0.2) is 23.1 Å². The first-order chi connectivity index (χ1) is 10.5. The maximum absolute atomic E-state index is 13.0. The van der Waals surface area contributed by atoms with Gasteiger partial charge in [-0.1, -0.05) is 6.07 Å². The number of nitrogens with two attached hydrogens (primary N) is 1. The molecule has 2 heterocycles. The number of hydrogen-bond donors (Lipinski definition) is 1. The summed E-state index contributed by atoms with van der Waals surface area (Å²) in [5.74, 6) is 1.02. The predicted octanol–water partition coefficient (Wildman–Crippen LogP) is 1.63. The molecule has 2 atom stereocenters. The Bertz CT molecular complexity index is 651. The number of halogens is 1. The highest BCUT2D eigenvalue weighted by Crippen LogP contribution is 2.38. The molecular formula is C15H23ClN2O4S. The largest absolute Gasteiger partial charge is 0.486 e. The smallest absolute Gasteiger partial charge is 0.246 e. The zero-order chi connectivity index (χ0) is 15.7. The molecule has 0 radical (unpaired) electrons. The molecule has 8 heteroatoms. The SMILES string of the molecule is CC(N)C1CCCN(S(=O)(=O)c2cccc3c2OCCO3)C1.Cl. The average molecular weight is 363 g/mol. The summed E-state index contributed by atoms with van der Waals surface area (Å²) in [5.41, 5.74) is 5.96. The van der Waals surface area contributed by atoms with Gasteiger partial charge < -0.3 is 15.2 Å². The van der Waals surface area contributed by atoms with Crippen molar-refractivity contribution in [3.63, 3.8) is 0 Å². The standard InChI is InChI=1S/C15H22N2O4S.ClH/c1-11(16)12-4-3-7-17(10-12)22(18,19)14-6-2-5-13-15(14)21-9-8-20-13;/h2,5-6,11-12H,3-4,7-10,16H2,1H3;1H. The number of piperidine rings is 1. The van der Waals surface area contributed by atoms with E-state index in [2.05, 4.69) is 0 Å². The van der Waals surface area contributed by atoms with Crippen molar-refractivity contribution in [2.45, 2.75) is 30.7 Å². The maximum Gasteiger partial charge on any atom is 0.246 e. The van der Waals surface area contributed by atoms with Crippen molar-refractivity contribution in [2.24, 2.45) is 11.7 Å². The topological polar surface area (TPSA) is 81.9 Å². The van der Waals surface area contributed by atoms with Gasteiger partial charge in [-0.2, -0.15) is 4.31 Å². The van der Waals surface area contributed by atoms with E-state index >= 15 is 0 Å². The van der Waals surface area contributed by atoms with E-state index in [0.29, 0.717) is 37.8 Å². The Labute approximate surface area is 143 Å². The van der Waals surface area contributed by atoms with E-state index in [1.54, 1.807) is 18.2 Å². The van der Waals surface area contributed by atoms with Crippen LogP contribution in [-0.2, 0) is 10.0 Å². The third-order valence-corrected chi connectivity index (χ3v) is 6.20. The van der Waals surface area contributed by atoms with Crippen LogP contribution in [0.5, 0.6) is 11.5 Å². The molecule has 0 aliphatic carbocycles.